The standard InChI is InChI=1S/C28H21ClN2O6S/c1-3-36-27(35)23-15(2)30-28-31(24(23)17-8-10-19(29)11-9-17)25(32)22(38-28)14-20-12-13-21(37-20)16-4-6-18(7-5-16)26(33)34/h4-14,24H,3H2,1-2H3,(H,33,34)/b22-14+/t24-/m1/s1. The lowest BCUT2D eigenvalue weighted by Crippen LogP contribution is -2.39. The van der Waals surface area contributed by atoms with Gasteiger partial charge in [0, 0.05) is 16.7 Å². The van der Waals surface area contributed by atoms with Gasteiger partial charge in [-0.05, 0) is 55.8 Å². The first-order valence-corrected chi connectivity index (χ1v) is 12.8. The second-order valence-corrected chi connectivity index (χ2v) is 9.88. The van der Waals surface area contributed by atoms with Gasteiger partial charge >= 0.3 is 11.9 Å². The van der Waals surface area contributed by atoms with Crippen LogP contribution in [0.25, 0.3) is 17.4 Å². The Bertz CT molecular complexity index is 1760. The van der Waals surface area contributed by atoms with E-state index in [1.807, 2.05) is 0 Å². The Morgan fingerprint density at radius 2 is 1.84 bits per heavy atom. The molecule has 192 valence electrons. The summed E-state index contributed by atoms with van der Waals surface area (Å²) in [5.41, 5.74) is 2.01. The molecular weight excluding hydrogens is 528 g/mol. The van der Waals surface area contributed by atoms with Gasteiger partial charge in [-0.2, -0.15) is 0 Å². The van der Waals surface area contributed by atoms with Crippen molar-refractivity contribution < 1.29 is 23.8 Å². The van der Waals surface area contributed by atoms with Crippen LogP contribution in [0.5, 0.6) is 0 Å². The fraction of sp³-hybridized carbons (Fsp3) is 0.143. The first kappa shape index (κ1) is 25.4. The van der Waals surface area contributed by atoms with Crippen LogP contribution in [0.1, 0.15) is 41.6 Å². The molecule has 1 atom stereocenters. The van der Waals surface area contributed by atoms with Crippen molar-refractivity contribution in [1.82, 2.24) is 4.57 Å². The molecule has 0 bridgehead atoms. The summed E-state index contributed by atoms with van der Waals surface area (Å²) in [4.78, 5) is 42.7. The highest BCUT2D eigenvalue weighted by Gasteiger charge is 2.33. The Hall–Kier alpha value is -4.21. The summed E-state index contributed by atoms with van der Waals surface area (Å²) in [6.45, 7) is 3.63. The maximum Gasteiger partial charge on any atom is 0.338 e. The first-order valence-electron chi connectivity index (χ1n) is 11.7. The third-order valence-electron chi connectivity index (χ3n) is 6.02. The van der Waals surface area contributed by atoms with E-state index in [9.17, 15) is 14.4 Å². The fourth-order valence-corrected chi connectivity index (χ4v) is 5.40. The van der Waals surface area contributed by atoms with E-state index in [1.165, 1.54) is 28.0 Å². The number of carbonyl (C=O) groups is 2. The number of hydrogen-bond donors (Lipinski definition) is 1. The van der Waals surface area contributed by atoms with Crippen LogP contribution in [0.4, 0.5) is 0 Å². The van der Waals surface area contributed by atoms with Crippen LogP contribution in [0.2, 0.25) is 5.02 Å². The molecule has 38 heavy (non-hydrogen) atoms. The number of thiazole rings is 1. The number of carbonyl (C=O) groups excluding carboxylic acids is 1. The molecule has 2 aromatic heterocycles. The second kappa shape index (κ2) is 10.3. The second-order valence-electron chi connectivity index (χ2n) is 8.44. The van der Waals surface area contributed by atoms with Crippen LogP contribution in [-0.2, 0) is 9.53 Å². The summed E-state index contributed by atoms with van der Waals surface area (Å²) in [6.07, 6.45) is 1.63. The SMILES string of the molecule is CCOC(=O)C1=C(C)N=c2s/c(=C/c3ccc(-c4ccc(C(=O)O)cc4)o3)c(=O)n2[C@@H]1c1ccc(Cl)cc1. The van der Waals surface area contributed by atoms with Gasteiger partial charge in [0.25, 0.3) is 5.56 Å². The first-order chi connectivity index (χ1) is 18.3. The summed E-state index contributed by atoms with van der Waals surface area (Å²) in [6, 6.07) is 16.0. The third kappa shape index (κ3) is 4.73. The zero-order valence-electron chi connectivity index (χ0n) is 20.3. The van der Waals surface area contributed by atoms with Crippen molar-refractivity contribution >= 4 is 41.0 Å². The van der Waals surface area contributed by atoms with Crippen LogP contribution in [0.3, 0.4) is 0 Å². The van der Waals surface area contributed by atoms with Crippen LogP contribution in [0, 0.1) is 0 Å². The van der Waals surface area contributed by atoms with E-state index in [2.05, 4.69) is 4.99 Å². The van der Waals surface area contributed by atoms with Crippen molar-refractivity contribution in [2.75, 3.05) is 6.61 Å². The number of ether oxygens (including phenoxy) is 1. The number of fused-ring (bicyclic) bond motifs is 1. The number of aromatic nitrogens is 1. The minimum absolute atomic E-state index is 0.175. The normalized spacial score (nSPS) is 15.2. The average Bonchev–Trinajstić information content (AvgIpc) is 3.48. The number of benzene rings is 2. The number of nitrogens with zero attached hydrogens (tertiary/aromatic N) is 2. The van der Waals surface area contributed by atoms with Crippen LogP contribution >= 0.6 is 22.9 Å². The highest BCUT2D eigenvalue weighted by Crippen LogP contribution is 2.31. The lowest BCUT2D eigenvalue weighted by atomic mass is 9.96. The van der Waals surface area contributed by atoms with Gasteiger partial charge in [0.15, 0.2) is 4.80 Å². The van der Waals surface area contributed by atoms with Gasteiger partial charge in [-0.1, -0.05) is 47.2 Å². The van der Waals surface area contributed by atoms with Crippen molar-refractivity contribution in [1.29, 1.82) is 0 Å². The Morgan fingerprint density at radius 3 is 2.50 bits per heavy atom. The van der Waals surface area contributed by atoms with Gasteiger partial charge in [0.1, 0.15) is 11.5 Å². The third-order valence-corrected chi connectivity index (χ3v) is 7.25. The topological polar surface area (TPSA) is 111 Å². The van der Waals surface area contributed by atoms with Gasteiger partial charge < -0.3 is 14.3 Å². The monoisotopic (exact) mass is 548 g/mol. The lowest BCUT2D eigenvalue weighted by molar-refractivity contribution is -0.139. The number of carboxylic acid groups (broad SMARTS) is 1. The predicted octanol–water partition coefficient (Wildman–Crippen LogP) is 4.41. The van der Waals surface area contributed by atoms with Crippen molar-refractivity contribution in [2.45, 2.75) is 19.9 Å². The summed E-state index contributed by atoms with van der Waals surface area (Å²) in [7, 11) is 0. The molecule has 0 saturated heterocycles. The van der Waals surface area contributed by atoms with Crippen LogP contribution in [0.15, 0.2) is 86.1 Å². The Kier molecular flexibility index (Phi) is 6.88. The zero-order chi connectivity index (χ0) is 27.0. The van der Waals surface area contributed by atoms with E-state index in [4.69, 9.17) is 25.9 Å². The molecule has 10 heteroatoms. The van der Waals surface area contributed by atoms with Crippen molar-refractivity contribution in [2.24, 2.45) is 4.99 Å². The number of carboxylic acids is 1. The predicted molar refractivity (Wildman–Crippen MR) is 143 cm³/mol. The summed E-state index contributed by atoms with van der Waals surface area (Å²) < 4.78 is 13.1. The number of halogens is 1. The number of aromatic carboxylic acids is 1. The molecule has 1 aliphatic heterocycles. The molecule has 0 fully saturated rings. The van der Waals surface area contributed by atoms with E-state index in [-0.39, 0.29) is 17.7 Å². The van der Waals surface area contributed by atoms with E-state index < -0.39 is 18.0 Å². The fourth-order valence-electron chi connectivity index (χ4n) is 4.24. The number of esters is 1. The molecule has 1 aliphatic rings. The molecule has 2 aromatic carbocycles. The minimum atomic E-state index is -1.01. The summed E-state index contributed by atoms with van der Waals surface area (Å²) in [5, 5.41) is 9.64. The van der Waals surface area contributed by atoms with Crippen molar-refractivity contribution in [3.05, 3.63) is 114 Å². The molecular formula is C28H21ClN2O6S. The van der Waals surface area contributed by atoms with Crippen molar-refractivity contribution in [3.8, 4) is 11.3 Å². The molecule has 0 radical (unpaired) electrons. The van der Waals surface area contributed by atoms with E-state index in [0.29, 0.717) is 48.3 Å². The molecule has 5 rings (SSSR count). The summed E-state index contributed by atoms with van der Waals surface area (Å²) in [5.74, 6) is -0.574. The molecule has 0 aliphatic carbocycles. The molecule has 0 amide bonds. The summed E-state index contributed by atoms with van der Waals surface area (Å²) >= 11 is 7.28. The number of furan rings is 1. The zero-order valence-corrected chi connectivity index (χ0v) is 21.9. The minimum Gasteiger partial charge on any atom is -0.478 e. The van der Waals surface area contributed by atoms with Crippen molar-refractivity contribution in [3.63, 3.8) is 0 Å². The molecule has 3 heterocycles. The smallest absolute Gasteiger partial charge is 0.338 e. The number of allylic oxidation sites excluding steroid dienone is 1. The highest BCUT2D eigenvalue weighted by atomic mass is 35.5. The van der Waals surface area contributed by atoms with E-state index >= 15 is 0 Å². The van der Waals surface area contributed by atoms with Crippen LogP contribution < -0.4 is 14.9 Å². The molecule has 0 spiro atoms. The van der Waals surface area contributed by atoms with E-state index in [1.54, 1.807) is 68.5 Å². The Balaban J connectivity index is 1.59. The molecule has 0 saturated carbocycles. The van der Waals surface area contributed by atoms with Gasteiger partial charge in [0.05, 0.1) is 34.0 Å². The highest BCUT2D eigenvalue weighted by molar-refractivity contribution is 7.07. The molecule has 0 unspecified atom stereocenters. The Morgan fingerprint density at radius 1 is 1.13 bits per heavy atom. The number of rotatable bonds is 6. The largest absolute Gasteiger partial charge is 0.478 e. The molecule has 8 nitrogen and oxygen atoms in total. The number of hydrogen-bond acceptors (Lipinski definition) is 7. The average molecular weight is 549 g/mol. The lowest BCUT2D eigenvalue weighted by Gasteiger charge is -2.24. The molecule has 4 aromatic rings. The van der Waals surface area contributed by atoms with Gasteiger partial charge in [0.2, 0.25) is 0 Å². The maximum absolute atomic E-state index is 13.7. The maximum atomic E-state index is 13.7. The van der Waals surface area contributed by atoms with Crippen LogP contribution in [-0.4, -0.2) is 28.2 Å². The van der Waals surface area contributed by atoms with Gasteiger partial charge in [-0.3, -0.25) is 9.36 Å². The Labute approximate surface area is 225 Å². The quantitative estimate of drug-likeness (QED) is 0.357. The molecule has 1 N–H and O–H groups in total. The van der Waals surface area contributed by atoms with Gasteiger partial charge in [-0.15, -0.1) is 0 Å². The van der Waals surface area contributed by atoms with E-state index in [0.717, 1.165) is 0 Å². The van der Waals surface area contributed by atoms with Gasteiger partial charge in [-0.25, -0.2) is 14.6 Å².